The lowest BCUT2D eigenvalue weighted by atomic mass is 9.92. The second kappa shape index (κ2) is 9.33. The Kier molecular flexibility index (Phi) is 6.14. The maximum atomic E-state index is 14.1. The van der Waals surface area contributed by atoms with Crippen molar-refractivity contribution in [3.8, 4) is 11.4 Å². The number of nitrogens with zero attached hydrogens (tertiary/aromatic N) is 3. The van der Waals surface area contributed by atoms with Gasteiger partial charge in [-0.15, -0.1) is 0 Å². The normalized spacial score (nSPS) is 13.2. The van der Waals surface area contributed by atoms with E-state index in [1.165, 1.54) is 44.4 Å². The van der Waals surface area contributed by atoms with E-state index in [-0.39, 0.29) is 40.7 Å². The number of carbonyl (C=O) groups is 3. The molecule has 0 saturated carbocycles. The predicted octanol–water partition coefficient (Wildman–Crippen LogP) is 5.03. The highest BCUT2D eigenvalue weighted by atomic mass is 19.4. The van der Waals surface area contributed by atoms with Crippen LogP contribution in [0.5, 0.6) is 5.75 Å². The van der Waals surface area contributed by atoms with Crippen LogP contribution in [-0.4, -0.2) is 46.2 Å². The molecule has 2 amide bonds. The lowest BCUT2D eigenvalue weighted by Gasteiger charge is -2.28. The van der Waals surface area contributed by atoms with E-state index in [0.717, 1.165) is 11.1 Å². The van der Waals surface area contributed by atoms with Gasteiger partial charge < -0.3 is 9.47 Å². The quantitative estimate of drug-likeness (QED) is 0.260. The van der Waals surface area contributed by atoms with Crippen molar-refractivity contribution in [1.29, 1.82) is 0 Å². The fourth-order valence-electron chi connectivity index (χ4n) is 4.53. The molecule has 194 valence electrons. The number of carbonyl (C=O) groups excluding carboxylic acids is 3. The van der Waals surface area contributed by atoms with E-state index in [1.807, 2.05) is 0 Å². The molecular weight excluding hydrogens is 503 g/mol. The molecule has 0 saturated heterocycles. The maximum Gasteiger partial charge on any atom is 0.434 e. The molecule has 0 unspecified atom stereocenters. The number of rotatable bonds is 6. The molecule has 5 rings (SSSR count). The Labute approximate surface area is 214 Å². The van der Waals surface area contributed by atoms with Crippen LogP contribution in [0, 0.1) is 0 Å². The van der Waals surface area contributed by atoms with Gasteiger partial charge in [-0.05, 0) is 42.8 Å². The third-order valence-corrected chi connectivity index (χ3v) is 6.23. The van der Waals surface area contributed by atoms with Gasteiger partial charge in [0.15, 0.2) is 5.69 Å². The third-order valence-electron chi connectivity index (χ3n) is 6.23. The van der Waals surface area contributed by atoms with Crippen LogP contribution >= 0.6 is 0 Å². The number of ether oxygens (including phenoxy) is 2. The maximum absolute atomic E-state index is 14.1. The summed E-state index contributed by atoms with van der Waals surface area (Å²) in [7, 11) is 1.52. The van der Waals surface area contributed by atoms with E-state index in [9.17, 15) is 27.6 Å². The van der Waals surface area contributed by atoms with Crippen molar-refractivity contribution >= 4 is 28.6 Å². The van der Waals surface area contributed by atoms with E-state index in [1.54, 1.807) is 24.3 Å². The smallest absolute Gasteiger partial charge is 0.434 e. The Hall–Kier alpha value is -4.67. The minimum atomic E-state index is -4.95. The molecule has 0 bridgehead atoms. The van der Waals surface area contributed by atoms with Crippen molar-refractivity contribution in [1.82, 2.24) is 14.7 Å². The zero-order chi connectivity index (χ0) is 27.2. The highest BCUT2D eigenvalue weighted by Crippen LogP contribution is 2.38. The van der Waals surface area contributed by atoms with E-state index < -0.39 is 35.2 Å². The summed E-state index contributed by atoms with van der Waals surface area (Å²) in [6, 6.07) is 14.1. The Morgan fingerprint density at radius 3 is 2.29 bits per heavy atom. The first-order valence-corrected chi connectivity index (χ1v) is 11.5. The van der Waals surface area contributed by atoms with Gasteiger partial charge in [-0.1, -0.05) is 24.3 Å². The number of esters is 1. The molecule has 0 radical (unpaired) electrons. The van der Waals surface area contributed by atoms with Crippen molar-refractivity contribution in [2.24, 2.45) is 0 Å². The van der Waals surface area contributed by atoms with Gasteiger partial charge in [0.05, 0.1) is 32.1 Å². The number of methoxy groups -OCH3 is 1. The zero-order valence-electron chi connectivity index (χ0n) is 20.2. The number of hydrogen-bond donors (Lipinski definition) is 0. The molecule has 0 N–H and O–H groups in total. The van der Waals surface area contributed by atoms with Crippen LogP contribution in [0.25, 0.3) is 16.5 Å². The standard InChI is InChI=1S/C27H20F3N3O5/c1-3-38-26(36)20-13-31-33(23(20)27(28,29)30)21-12-11-19-22-17(21)5-4-6-18(22)24(34)32(25(19)35)14-15-7-9-16(37-2)10-8-15/h4-13H,3,14H2,1-2H3. The van der Waals surface area contributed by atoms with Crippen molar-refractivity contribution in [3.05, 3.63) is 88.7 Å². The van der Waals surface area contributed by atoms with Gasteiger partial charge in [0.2, 0.25) is 0 Å². The van der Waals surface area contributed by atoms with Crippen LogP contribution in [0.2, 0.25) is 0 Å². The van der Waals surface area contributed by atoms with Crippen molar-refractivity contribution in [2.75, 3.05) is 13.7 Å². The lowest BCUT2D eigenvalue weighted by molar-refractivity contribution is -0.143. The summed E-state index contributed by atoms with van der Waals surface area (Å²) in [5.74, 6) is -1.70. The topological polar surface area (TPSA) is 90.7 Å². The summed E-state index contributed by atoms with van der Waals surface area (Å²) in [5.41, 5.74) is -1.07. The molecule has 4 aromatic rings. The first-order chi connectivity index (χ1) is 18.2. The van der Waals surface area contributed by atoms with Crippen molar-refractivity contribution in [2.45, 2.75) is 19.6 Å². The molecule has 11 heteroatoms. The van der Waals surface area contributed by atoms with E-state index in [4.69, 9.17) is 9.47 Å². The van der Waals surface area contributed by atoms with Crippen LogP contribution in [0.15, 0.2) is 60.8 Å². The number of amides is 2. The first-order valence-electron chi connectivity index (χ1n) is 11.5. The summed E-state index contributed by atoms with van der Waals surface area (Å²) in [4.78, 5) is 40.1. The van der Waals surface area contributed by atoms with Gasteiger partial charge in [-0.2, -0.15) is 18.3 Å². The Morgan fingerprint density at radius 2 is 1.66 bits per heavy atom. The Morgan fingerprint density at radius 1 is 0.974 bits per heavy atom. The van der Waals surface area contributed by atoms with Crippen LogP contribution in [0.4, 0.5) is 13.2 Å². The molecule has 38 heavy (non-hydrogen) atoms. The molecule has 0 aliphatic carbocycles. The van der Waals surface area contributed by atoms with Crippen LogP contribution < -0.4 is 4.74 Å². The zero-order valence-corrected chi connectivity index (χ0v) is 20.2. The summed E-state index contributed by atoms with van der Waals surface area (Å²) in [6.07, 6.45) is -4.15. The SMILES string of the molecule is CCOC(=O)c1cnn(-c2ccc3c4c(cccc24)C(=O)N(Cc2ccc(OC)cc2)C3=O)c1C(F)(F)F. The molecule has 0 fully saturated rings. The molecule has 3 aromatic carbocycles. The monoisotopic (exact) mass is 523 g/mol. The molecule has 2 heterocycles. The van der Waals surface area contributed by atoms with Gasteiger partial charge >= 0.3 is 12.1 Å². The molecule has 0 spiro atoms. The van der Waals surface area contributed by atoms with Crippen LogP contribution in [0.3, 0.4) is 0 Å². The van der Waals surface area contributed by atoms with Crippen molar-refractivity contribution < 1.29 is 37.0 Å². The molecule has 1 aliphatic heterocycles. The van der Waals surface area contributed by atoms with Crippen LogP contribution in [0.1, 0.15) is 49.3 Å². The minimum Gasteiger partial charge on any atom is -0.497 e. The number of imide groups is 1. The fourth-order valence-corrected chi connectivity index (χ4v) is 4.53. The highest BCUT2D eigenvalue weighted by Gasteiger charge is 2.42. The Balaban J connectivity index is 1.63. The summed E-state index contributed by atoms with van der Waals surface area (Å²) < 4.78 is 52.8. The van der Waals surface area contributed by atoms with E-state index >= 15 is 0 Å². The molecule has 0 atom stereocenters. The number of benzene rings is 3. The fraction of sp³-hybridized carbons (Fsp3) is 0.185. The molecule has 1 aliphatic rings. The van der Waals surface area contributed by atoms with Crippen LogP contribution in [-0.2, 0) is 17.5 Å². The highest BCUT2D eigenvalue weighted by molar-refractivity contribution is 6.26. The lowest BCUT2D eigenvalue weighted by Crippen LogP contribution is -2.39. The van der Waals surface area contributed by atoms with E-state index in [0.29, 0.717) is 16.0 Å². The van der Waals surface area contributed by atoms with Gasteiger partial charge in [0.1, 0.15) is 11.3 Å². The summed E-state index contributed by atoms with van der Waals surface area (Å²) in [6.45, 7) is 1.37. The largest absolute Gasteiger partial charge is 0.497 e. The second-order valence-electron chi connectivity index (χ2n) is 8.44. The van der Waals surface area contributed by atoms with E-state index in [2.05, 4.69) is 5.10 Å². The van der Waals surface area contributed by atoms with Gasteiger partial charge in [0, 0.05) is 21.9 Å². The molecule has 8 nitrogen and oxygen atoms in total. The van der Waals surface area contributed by atoms with Gasteiger partial charge in [-0.3, -0.25) is 14.5 Å². The number of hydrogen-bond acceptors (Lipinski definition) is 6. The average Bonchev–Trinajstić information content (AvgIpc) is 3.36. The number of halogens is 3. The Bertz CT molecular complexity index is 1570. The summed E-state index contributed by atoms with van der Waals surface area (Å²) >= 11 is 0. The van der Waals surface area contributed by atoms with Crippen molar-refractivity contribution in [3.63, 3.8) is 0 Å². The van der Waals surface area contributed by atoms with Gasteiger partial charge in [-0.25, -0.2) is 9.48 Å². The predicted molar refractivity (Wildman–Crippen MR) is 129 cm³/mol. The second-order valence-corrected chi connectivity index (χ2v) is 8.44. The van der Waals surface area contributed by atoms with Gasteiger partial charge in [0.25, 0.3) is 11.8 Å². The first kappa shape index (κ1) is 25.0. The third kappa shape index (κ3) is 4.05. The average molecular weight is 523 g/mol. The summed E-state index contributed by atoms with van der Waals surface area (Å²) in [5, 5.41) is 4.26. The molecular formula is C27H20F3N3O5. The number of alkyl halides is 3. The molecule has 1 aromatic heterocycles. The minimum absolute atomic E-state index is 0.000478. The number of aromatic nitrogens is 2.